The number of hydrogen-bond donors (Lipinski definition) is 1. The zero-order valence-electron chi connectivity index (χ0n) is 23.8. The SMILES string of the molecule is N=C1C(c2ccc(F)cc2)=C(c2ccc(-c3ccccc3)cc2)C(c2ccc(-c3ccccc3)cc2)=C1c1ccc(F)cc1. The quantitative estimate of drug-likeness (QED) is 0.206. The number of allylic oxidation sites excluding steroid dienone is 4. The predicted molar refractivity (Wildman–Crippen MR) is 178 cm³/mol. The molecule has 0 atom stereocenters. The Morgan fingerprint density at radius 1 is 0.273 bits per heavy atom. The van der Waals surface area contributed by atoms with Gasteiger partial charge in [0.2, 0.25) is 0 Å². The lowest BCUT2D eigenvalue weighted by atomic mass is 9.88. The van der Waals surface area contributed by atoms with Gasteiger partial charge < -0.3 is 0 Å². The van der Waals surface area contributed by atoms with Crippen LogP contribution in [-0.2, 0) is 0 Å². The third-order valence-corrected chi connectivity index (χ3v) is 8.08. The van der Waals surface area contributed by atoms with E-state index in [1.54, 1.807) is 24.3 Å². The molecule has 0 heterocycles. The van der Waals surface area contributed by atoms with Gasteiger partial charge in [-0.25, -0.2) is 8.78 Å². The van der Waals surface area contributed by atoms with E-state index < -0.39 is 0 Å². The molecule has 6 aromatic carbocycles. The molecule has 0 unspecified atom stereocenters. The number of nitrogens with one attached hydrogen (secondary N) is 1. The van der Waals surface area contributed by atoms with Crippen molar-refractivity contribution in [1.82, 2.24) is 0 Å². The number of halogens is 2. The van der Waals surface area contributed by atoms with Crippen molar-refractivity contribution < 1.29 is 8.78 Å². The molecule has 0 aliphatic heterocycles. The minimum atomic E-state index is -0.337. The summed E-state index contributed by atoms with van der Waals surface area (Å²) >= 11 is 0. The maximum atomic E-state index is 14.1. The summed E-state index contributed by atoms with van der Waals surface area (Å²) in [5.74, 6) is -0.674. The van der Waals surface area contributed by atoms with Crippen molar-refractivity contribution in [3.8, 4) is 22.3 Å². The first-order valence-corrected chi connectivity index (χ1v) is 14.5. The Bertz CT molecular complexity index is 1870. The van der Waals surface area contributed by atoms with Crippen LogP contribution >= 0.6 is 0 Å². The Morgan fingerprint density at radius 3 is 0.864 bits per heavy atom. The van der Waals surface area contributed by atoms with Gasteiger partial charge >= 0.3 is 0 Å². The molecule has 0 spiro atoms. The van der Waals surface area contributed by atoms with E-state index in [2.05, 4.69) is 72.8 Å². The molecule has 0 aromatic heterocycles. The van der Waals surface area contributed by atoms with E-state index in [4.69, 9.17) is 0 Å². The van der Waals surface area contributed by atoms with Crippen LogP contribution in [0.2, 0.25) is 0 Å². The van der Waals surface area contributed by atoms with Crippen LogP contribution in [0.4, 0.5) is 8.78 Å². The van der Waals surface area contributed by atoms with Gasteiger partial charge in [0.15, 0.2) is 0 Å². The lowest BCUT2D eigenvalue weighted by molar-refractivity contribution is 0.627. The van der Waals surface area contributed by atoms with Gasteiger partial charge in [-0.2, -0.15) is 0 Å². The smallest absolute Gasteiger partial charge is 0.123 e. The van der Waals surface area contributed by atoms with Crippen LogP contribution in [0.3, 0.4) is 0 Å². The molecule has 0 radical (unpaired) electrons. The summed E-state index contributed by atoms with van der Waals surface area (Å²) < 4.78 is 28.2. The van der Waals surface area contributed by atoms with Crippen LogP contribution in [0.25, 0.3) is 44.5 Å². The fourth-order valence-electron chi connectivity index (χ4n) is 5.93. The first-order valence-electron chi connectivity index (χ1n) is 14.5. The fourth-order valence-corrected chi connectivity index (χ4v) is 5.93. The van der Waals surface area contributed by atoms with Crippen molar-refractivity contribution in [3.63, 3.8) is 0 Å². The molecule has 3 heteroatoms. The Kier molecular flexibility index (Phi) is 7.13. The van der Waals surface area contributed by atoms with Crippen LogP contribution in [0.1, 0.15) is 22.3 Å². The van der Waals surface area contributed by atoms with Crippen molar-refractivity contribution in [2.24, 2.45) is 0 Å². The second-order valence-corrected chi connectivity index (χ2v) is 10.8. The van der Waals surface area contributed by atoms with E-state index in [9.17, 15) is 14.2 Å². The Balaban J connectivity index is 1.46. The molecular formula is C41H27F2N. The van der Waals surface area contributed by atoms with E-state index in [-0.39, 0.29) is 11.6 Å². The molecular weight excluding hydrogens is 544 g/mol. The van der Waals surface area contributed by atoms with Crippen molar-refractivity contribution in [1.29, 1.82) is 5.41 Å². The first-order chi connectivity index (χ1) is 21.6. The molecule has 44 heavy (non-hydrogen) atoms. The van der Waals surface area contributed by atoms with Gasteiger partial charge in [-0.05, 0) is 68.8 Å². The summed E-state index contributed by atoms with van der Waals surface area (Å²) in [6.07, 6.45) is 0. The lowest BCUT2D eigenvalue weighted by Gasteiger charge is -2.15. The van der Waals surface area contributed by atoms with Crippen LogP contribution in [0.5, 0.6) is 0 Å². The highest BCUT2D eigenvalue weighted by Gasteiger charge is 2.33. The van der Waals surface area contributed by atoms with Crippen molar-refractivity contribution in [2.75, 3.05) is 0 Å². The minimum Gasteiger partial charge on any atom is -0.300 e. The molecule has 0 saturated heterocycles. The summed E-state index contributed by atoms with van der Waals surface area (Å²) in [6, 6.07) is 49.7. The lowest BCUT2D eigenvalue weighted by Crippen LogP contribution is -2.01. The van der Waals surface area contributed by atoms with Gasteiger partial charge in [0.25, 0.3) is 0 Å². The average Bonchev–Trinajstić information content (AvgIpc) is 3.39. The topological polar surface area (TPSA) is 23.9 Å². The average molecular weight is 572 g/mol. The van der Waals surface area contributed by atoms with Crippen LogP contribution in [0, 0.1) is 17.0 Å². The highest BCUT2D eigenvalue weighted by atomic mass is 19.1. The Labute approximate surface area is 255 Å². The van der Waals surface area contributed by atoms with Gasteiger partial charge in [-0.3, -0.25) is 5.41 Å². The van der Waals surface area contributed by atoms with Gasteiger partial charge in [0.05, 0.1) is 5.71 Å². The van der Waals surface area contributed by atoms with E-state index >= 15 is 0 Å². The molecule has 1 nitrogen and oxygen atoms in total. The Morgan fingerprint density at radius 2 is 0.523 bits per heavy atom. The second kappa shape index (κ2) is 11.5. The summed E-state index contributed by atoms with van der Waals surface area (Å²) in [6.45, 7) is 0. The summed E-state index contributed by atoms with van der Waals surface area (Å²) in [5, 5.41) is 9.56. The normalized spacial score (nSPS) is 13.1. The summed E-state index contributed by atoms with van der Waals surface area (Å²) in [7, 11) is 0. The van der Waals surface area contributed by atoms with Crippen molar-refractivity contribution >= 4 is 28.0 Å². The summed E-state index contributed by atoms with van der Waals surface area (Å²) in [4.78, 5) is 0. The van der Waals surface area contributed by atoms with E-state index in [1.807, 2.05) is 36.4 Å². The largest absolute Gasteiger partial charge is 0.300 e. The third kappa shape index (κ3) is 5.10. The Hall–Kier alpha value is -5.67. The zero-order chi connectivity index (χ0) is 30.0. The predicted octanol–water partition coefficient (Wildman–Crippen LogP) is 10.9. The van der Waals surface area contributed by atoms with Gasteiger partial charge in [0.1, 0.15) is 11.6 Å². The molecule has 0 bridgehead atoms. The van der Waals surface area contributed by atoms with Crippen LogP contribution in [0.15, 0.2) is 158 Å². The molecule has 7 rings (SSSR count). The van der Waals surface area contributed by atoms with Gasteiger partial charge in [0, 0.05) is 22.3 Å². The second-order valence-electron chi connectivity index (χ2n) is 10.8. The van der Waals surface area contributed by atoms with Gasteiger partial charge in [-0.1, -0.05) is 133 Å². The van der Waals surface area contributed by atoms with Gasteiger partial charge in [-0.15, -0.1) is 0 Å². The minimum absolute atomic E-state index is 0.312. The van der Waals surface area contributed by atoms with E-state index in [0.717, 1.165) is 55.7 Å². The maximum absolute atomic E-state index is 14.1. The molecule has 0 amide bonds. The monoisotopic (exact) mass is 571 g/mol. The summed E-state index contributed by atoms with van der Waals surface area (Å²) in [5.41, 5.74) is 11.3. The molecule has 210 valence electrons. The van der Waals surface area contributed by atoms with E-state index in [1.165, 1.54) is 24.3 Å². The molecule has 0 saturated carbocycles. The zero-order valence-corrected chi connectivity index (χ0v) is 23.8. The third-order valence-electron chi connectivity index (χ3n) is 8.08. The van der Waals surface area contributed by atoms with Crippen LogP contribution < -0.4 is 0 Å². The molecule has 1 N–H and O–H groups in total. The molecule has 6 aromatic rings. The van der Waals surface area contributed by atoms with Crippen molar-refractivity contribution in [2.45, 2.75) is 0 Å². The number of rotatable bonds is 6. The number of benzene rings is 6. The van der Waals surface area contributed by atoms with Crippen molar-refractivity contribution in [3.05, 3.63) is 192 Å². The molecule has 0 fully saturated rings. The highest BCUT2D eigenvalue weighted by molar-refractivity contribution is 6.60. The standard InChI is InChI=1S/C41H27F2N/c42-35-23-19-33(20-24-35)39-37(31-15-11-29(12-16-31)27-7-3-1-4-8-27)38(40(41(39)44)34-21-25-36(43)26-22-34)32-17-13-30(14-18-32)28-9-5-2-6-10-28/h1-26,44H. The first kappa shape index (κ1) is 27.2. The molecule has 1 aliphatic carbocycles. The fraction of sp³-hybridized carbons (Fsp3) is 0. The maximum Gasteiger partial charge on any atom is 0.123 e. The van der Waals surface area contributed by atoms with Crippen LogP contribution in [-0.4, -0.2) is 5.71 Å². The van der Waals surface area contributed by atoms with E-state index in [0.29, 0.717) is 16.9 Å². The number of hydrogen-bond acceptors (Lipinski definition) is 1. The highest BCUT2D eigenvalue weighted by Crippen LogP contribution is 2.50. The molecule has 1 aliphatic rings.